The molecule has 0 spiro atoms. The van der Waals surface area contributed by atoms with Crippen LogP contribution in [0.2, 0.25) is 0 Å². The Bertz CT molecular complexity index is 399. The van der Waals surface area contributed by atoms with Crippen molar-refractivity contribution in [3.05, 3.63) is 35.5 Å². The van der Waals surface area contributed by atoms with Crippen LogP contribution in [0.1, 0.15) is 18.9 Å². The number of carbonyl (C=O) groups is 1. The first-order chi connectivity index (χ1) is 7.65. The van der Waals surface area contributed by atoms with Crippen molar-refractivity contribution in [1.29, 1.82) is 0 Å². The van der Waals surface area contributed by atoms with Crippen LogP contribution in [-0.2, 0) is 4.79 Å². The first-order valence-electron chi connectivity index (χ1n) is 5.07. The fourth-order valence-corrected chi connectivity index (χ4v) is 1.17. The summed E-state index contributed by atoms with van der Waals surface area (Å²) < 4.78 is 5.47. The largest absolute Gasteiger partial charge is 0.493 e. The predicted octanol–water partition coefficient (Wildman–Crippen LogP) is 1.86. The Morgan fingerprint density at radius 3 is 2.81 bits per heavy atom. The van der Waals surface area contributed by atoms with Gasteiger partial charge in [0.05, 0.1) is 6.61 Å². The van der Waals surface area contributed by atoms with E-state index in [0.717, 1.165) is 6.42 Å². The van der Waals surface area contributed by atoms with E-state index in [0.29, 0.717) is 17.9 Å². The average Bonchev–Trinajstić information content (AvgIpc) is 2.27. The number of rotatable bonds is 5. The summed E-state index contributed by atoms with van der Waals surface area (Å²) in [4.78, 5) is 10.6. The smallest absolute Gasteiger partial charge is 0.351 e. The minimum absolute atomic E-state index is 0.201. The van der Waals surface area contributed by atoms with E-state index >= 15 is 0 Å². The van der Waals surface area contributed by atoms with Crippen molar-refractivity contribution in [2.75, 3.05) is 6.61 Å². The molecule has 0 bridgehead atoms. The summed E-state index contributed by atoms with van der Waals surface area (Å²) in [7, 11) is 0. The lowest BCUT2D eigenvalue weighted by molar-refractivity contribution is -0.132. The van der Waals surface area contributed by atoms with E-state index in [2.05, 4.69) is 0 Å². The molecule has 0 saturated carbocycles. The van der Waals surface area contributed by atoms with E-state index < -0.39 is 5.97 Å². The van der Waals surface area contributed by atoms with Crippen molar-refractivity contribution in [1.82, 2.24) is 0 Å². The number of para-hydroxylation sites is 1. The maximum Gasteiger partial charge on any atom is 0.351 e. The van der Waals surface area contributed by atoms with E-state index in [1.165, 1.54) is 6.08 Å². The Morgan fingerprint density at radius 1 is 1.50 bits per heavy atom. The summed E-state index contributed by atoms with van der Waals surface area (Å²) >= 11 is 0. The van der Waals surface area contributed by atoms with Crippen LogP contribution in [0.15, 0.2) is 30.0 Å². The normalized spacial score (nSPS) is 11.2. The molecule has 0 aliphatic carbocycles. The van der Waals surface area contributed by atoms with Gasteiger partial charge in [-0.05, 0) is 18.6 Å². The van der Waals surface area contributed by atoms with Gasteiger partial charge >= 0.3 is 5.97 Å². The van der Waals surface area contributed by atoms with E-state index in [9.17, 15) is 4.79 Å². The fraction of sp³-hybridized carbons (Fsp3) is 0.250. The first-order valence-corrected chi connectivity index (χ1v) is 5.07. The molecule has 4 nitrogen and oxygen atoms in total. The zero-order valence-electron chi connectivity index (χ0n) is 9.14. The number of hydrogen-bond donors (Lipinski definition) is 2. The van der Waals surface area contributed by atoms with Gasteiger partial charge in [0, 0.05) is 5.56 Å². The van der Waals surface area contributed by atoms with Crippen LogP contribution in [0.4, 0.5) is 0 Å². The highest BCUT2D eigenvalue weighted by Crippen LogP contribution is 2.20. The van der Waals surface area contributed by atoms with Crippen molar-refractivity contribution >= 4 is 12.0 Å². The third kappa shape index (κ3) is 3.31. The average molecular weight is 221 g/mol. The number of aliphatic carboxylic acids is 1. The van der Waals surface area contributed by atoms with E-state index in [-0.39, 0.29) is 5.70 Å². The van der Waals surface area contributed by atoms with Crippen molar-refractivity contribution in [3.8, 4) is 5.75 Å². The van der Waals surface area contributed by atoms with Crippen LogP contribution in [0.3, 0.4) is 0 Å². The molecule has 0 saturated heterocycles. The highest BCUT2D eigenvalue weighted by molar-refractivity contribution is 5.91. The summed E-state index contributed by atoms with van der Waals surface area (Å²) in [5.74, 6) is -0.487. The molecule has 4 heteroatoms. The van der Waals surface area contributed by atoms with Crippen molar-refractivity contribution < 1.29 is 14.6 Å². The van der Waals surface area contributed by atoms with E-state index in [1.54, 1.807) is 18.2 Å². The number of ether oxygens (including phenoxy) is 1. The van der Waals surface area contributed by atoms with Gasteiger partial charge in [0.2, 0.25) is 0 Å². The highest BCUT2D eigenvalue weighted by Gasteiger charge is 2.04. The van der Waals surface area contributed by atoms with Gasteiger partial charge in [-0.25, -0.2) is 4.79 Å². The lowest BCUT2D eigenvalue weighted by Gasteiger charge is -2.07. The van der Waals surface area contributed by atoms with Crippen LogP contribution in [-0.4, -0.2) is 17.7 Å². The molecule has 0 aliphatic heterocycles. The van der Waals surface area contributed by atoms with Crippen LogP contribution in [0.5, 0.6) is 5.75 Å². The Kier molecular flexibility index (Phi) is 4.39. The van der Waals surface area contributed by atoms with Gasteiger partial charge in [0.1, 0.15) is 11.4 Å². The second-order valence-electron chi connectivity index (χ2n) is 3.29. The van der Waals surface area contributed by atoms with Crippen molar-refractivity contribution in [2.24, 2.45) is 5.73 Å². The molecule has 0 amide bonds. The minimum Gasteiger partial charge on any atom is -0.493 e. The zero-order chi connectivity index (χ0) is 12.0. The standard InChI is InChI=1S/C12H15NO3/c1-2-7-16-11-6-4-3-5-9(11)8-10(13)12(14)15/h3-6,8H,2,7,13H2,1H3,(H,14,15)/b10-8+. The SMILES string of the molecule is CCCOc1ccccc1/C=C(/N)C(=O)O. The van der Waals surface area contributed by atoms with Gasteiger partial charge < -0.3 is 15.6 Å². The number of nitrogens with two attached hydrogens (primary N) is 1. The second-order valence-corrected chi connectivity index (χ2v) is 3.29. The summed E-state index contributed by atoms with van der Waals surface area (Å²) in [6, 6.07) is 7.19. The highest BCUT2D eigenvalue weighted by atomic mass is 16.5. The van der Waals surface area contributed by atoms with E-state index in [4.69, 9.17) is 15.6 Å². The molecule has 0 fully saturated rings. The van der Waals surface area contributed by atoms with Gasteiger partial charge in [-0.2, -0.15) is 0 Å². The predicted molar refractivity (Wildman–Crippen MR) is 62.0 cm³/mol. The third-order valence-electron chi connectivity index (χ3n) is 1.94. The molecule has 3 N–H and O–H groups in total. The third-order valence-corrected chi connectivity index (χ3v) is 1.94. The molecule has 0 unspecified atom stereocenters. The second kappa shape index (κ2) is 5.80. The number of carboxylic acid groups (broad SMARTS) is 1. The number of hydrogen-bond acceptors (Lipinski definition) is 3. The monoisotopic (exact) mass is 221 g/mol. The zero-order valence-corrected chi connectivity index (χ0v) is 9.14. The molecular weight excluding hydrogens is 206 g/mol. The minimum atomic E-state index is -1.13. The Morgan fingerprint density at radius 2 is 2.19 bits per heavy atom. The molecule has 0 aromatic heterocycles. The van der Waals surface area contributed by atoms with Crippen LogP contribution in [0, 0.1) is 0 Å². The molecule has 0 atom stereocenters. The molecule has 0 aliphatic rings. The number of carboxylic acids is 1. The van der Waals surface area contributed by atoms with Crippen LogP contribution >= 0.6 is 0 Å². The molecule has 16 heavy (non-hydrogen) atoms. The summed E-state index contributed by atoms with van der Waals surface area (Å²) in [5.41, 5.74) is 5.83. The molecule has 86 valence electrons. The maximum atomic E-state index is 10.6. The molecule has 1 aromatic carbocycles. The lowest BCUT2D eigenvalue weighted by Crippen LogP contribution is -2.09. The van der Waals surface area contributed by atoms with Gasteiger partial charge in [-0.3, -0.25) is 0 Å². The van der Waals surface area contributed by atoms with Gasteiger partial charge in [0.15, 0.2) is 0 Å². The van der Waals surface area contributed by atoms with E-state index in [1.807, 2.05) is 13.0 Å². The molecule has 1 aromatic rings. The van der Waals surface area contributed by atoms with Crippen LogP contribution < -0.4 is 10.5 Å². The first kappa shape index (κ1) is 12.1. The molecular formula is C12H15NO3. The summed E-state index contributed by atoms with van der Waals surface area (Å²) in [6.07, 6.45) is 2.29. The summed E-state index contributed by atoms with van der Waals surface area (Å²) in [5, 5.41) is 8.68. The molecule has 1 rings (SSSR count). The lowest BCUT2D eigenvalue weighted by atomic mass is 10.1. The summed E-state index contributed by atoms with van der Waals surface area (Å²) in [6.45, 7) is 2.60. The topological polar surface area (TPSA) is 72.5 Å². The fourth-order valence-electron chi connectivity index (χ4n) is 1.17. The maximum absolute atomic E-state index is 10.6. The Labute approximate surface area is 94.3 Å². The van der Waals surface area contributed by atoms with Crippen molar-refractivity contribution in [2.45, 2.75) is 13.3 Å². The molecule has 0 radical (unpaired) electrons. The van der Waals surface area contributed by atoms with Crippen LogP contribution in [0.25, 0.3) is 6.08 Å². The number of benzene rings is 1. The van der Waals surface area contributed by atoms with Gasteiger partial charge in [-0.15, -0.1) is 0 Å². The molecule has 0 heterocycles. The Hall–Kier alpha value is -1.97. The Balaban J connectivity index is 2.94. The van der Waals surface area contributed by atoms with Crippen molar-refractivity contribution in [3.63, 3.8) is 0 Å². The van der Waals surface area contributed by atoms with Gasteiger partial charge in [-0.1, -0.05) is 25.1 Å². The quantitative estimate of drug-likeness (QED) is 0.744. The van der Waals surface area contributed by atoms with Gasteiger partial charge in [0.25, 0.3) is 0 Å².